The Morgan fingerprint density at radius 3 is 1.88 bits per heavy atom. The van der Waals surface area contributed by atoms with Crippen molar-refractivity contribution in [1.29, 1.82) is 0 Å². The number of hydrogen-bond donors (Lipinski definition) is 2. The number of aromatic nitrogens is 4. The number of H-pyrrole nitrogens is 2. The molecule has 0 amide bonds. The van der Waals surface area contributed by atoms with E-state index in [2.05, 4.69) is 90.4 Å². The highest BCUT2D eigenvalue weighted by Gasteiger charge is 2.21. The number of fused-ring (bicyclic) bond motifs is 2. The lowest BCUT2D eigenvalue weighted by atomic mass is 10.0. The minimum Gasteiger partial charge on any atom is -0.489 e. The van der Waals surface area contributed by atoms with Gasteiger partial charge in [0, 0.05) is 48.5 Å². The Balaban J connectivity index is 0.000000152. The first-order valence-corrected chi connectivity index (χ1v) is 16.8. The number of nitrogens with zero attached hydrogens (tertiary/aromatic N) is 4. The van der Waals surface area contributed by atoms with Gasteiger partial charge in [-0.15, -0.1) is 0 Å². The van der Waals surface area contributed by atoms with E-state index in [1.54, 1.807) is 12.7 Å². The molecular weight excluding hydrogens is 596 g/mol. The molecule has 8 heteroatoms. The molecule has 2 aromatic heterocycles. The maximum Gasteiger partial charge on any atom is 0.125 e. The lowest BCUT2D eigenvalue weighted by Gasteiger charge is -2.32. The lowest BCUT2D eigenvalue weighted by molar-refractivity contribution is 0.302. The Morgan fingerprint density at radius 2 is 1.23 bits per heavy atom. The molecule has 0 radical (unpaired) electrons. The van der Waals surface area contributed by atoms with E-state index in [9.17, 15) is 0 Å². The molecule has 0 bridgehead atoms. The molecule has 0 saturated carbocycles. The summed E-state index contributed by atoms with van der Waals surface area (Å²) in [4.78, 5) is 19.4. The molecular formula is C40H42N6O2. The average molecular weight is 639 g/mol. The van der Waals surface area contributed by atoms with Gasteiger partial charge < -0.3 is 29.2 Å². The molecule has 0 fully saturated rings. The van der Waals surface area contributed by atoms with Crippen LogP contribution < -0.4 is 19.3 Å². The van der Waals surface area contributed by atoms with Crippen molar-refractivity contribution in [2.45, 2.75) is 52.0 Å². The molecule has 4 aromatic carbocycles. The number of aryl methyl sites for hydroxylation is 1. The first-order valence-electron chi connectivity index (χ1n) is 16.8. The Labute approximate surface area is 282 Å². The molecule has 0 spiro atoms. The highest BCUT2D eigenvalue weighted by molar-refractivity contribution is 5.61. The fourth-order valence-corrected chi connectivity index (χ4v) is 6.48. The number of benzene rings is 4. The zero-order valence-corrected chi connectivity index (χ0v) is 27.2. The van der Waals surface area contributed by atoms with Crippen LogP contribution in [-0.2, 0) is 39.1 Å². The standard InChI is InChI=1S/2C20H21N3O/c1-2-6-16(7-3-1)14-24-20-10-4-9-19-18(20)8-5-11-23(19)13-17-12-21-15-22-17;1-2-5-16(6-3-1)14-24-19-9-8-17-7-4-10-23(20(17)11-19)13-18-12-21-15-22-18/h1-4,6-7,9-10,12,15H,5,8,11,13-14H2,(H,21,22);1-3,5-6,8-9,11-12,15H,4,7,10,13-14H2,(H,21,22). The van der Waals surface area contributed by atoms with Crippen molar-refractivity contribution >= 4 is 11.4 Å². The molecule has 8 rings (SSSR count). The molecule has 48 heavy (non-hydrogen) atoms. The van der Waals surface area contributed by atoms with Crippen LogP contribution in [0.4, 0.5) is 11.4 Å². The Hall–Kier alpha value is -5.50. The number of ether oxygens (including phenoxy) is 2. The van der Waals surface area contributed by atoms with Crippen LogP contribution in [0, 0.1) is 0 Å². The molecule has 0 atom stereocenters. The summed E-state index contributed by atoms with van der Waals surface area (Å²) < 4.78 is 12.1. The van der Waals surface area contributed by atoms with Gasteiger partial charge in [-0.3, -0.25) is 0 Å². The SMILES string of the molecule is c1ccc(COc2ccc3c(c2)N(Cc2cnc[nH]2)CCC3)cc1.c1ccc(COc2cccc3c2CCCN3Cc2cnc[nH]2)cc1. The van der Waals surface area contributed by atoms with E-state index in [4.69, 9.17) is 9.47 Å². The Morgan fingerprint density at radius 1 is 0.604 bits per heavy atom. The van der Waals surface area contributed by atoms with Gasteiger partial charge in [0.2, 0.25) is 0 Å². The summed E-state index contributed by atoms with van der Waals surface area (Å²) in [5.74, 6) is 1.93. The zero-order valence-electron chi connectivity index (χ0n) is 27.2. The van der Waals surface area contributed by atoms with Crippen LogP contribution in [0.1, 0.15) is 46.5 Å². The Bertz CT molecular complexity index is 1800. The van der Waals surface area contributed by atoms with Gasteiger partial charge in [-0.05, 0) is 60.6 Å². The molecule has 6 aromatic rings. The number of imidazole rings is 2. The summed E-state index contributed by atoms with van der Waals surface area (Å²) in [5.41, 5.74) is 9.93. The third kappa shape index (κ3) is 7.89. The highest BCUT2D eigenvalue weighted by Crippen LogP contribution is 2.35. The second-order valence-corrected chi connectivity index (χ2v) is 12.3. The minimum atomic E-state index is 0.597. The average Bonchev–Trinajstić information content (AvgIpc) is 3.86. The van der Waals surface area contributed by atoms with Gasteiger partial charge >= 0.3 is 0 Å². The van der Waals surface area contributed by atoms with Crippen molar-refractivity contribution < 1.29 is 9.47 Å². The zero-order chi connectivity index (χ0) is 32.4. The molecule has 2 aliphatic heterocycles. The molecule has 0 unspecified atom stereocenters. The summed E-state index contributed by atoms with van der Waals surface area (Å²) in [6, 6.07) is 33.4. The van der Waals surface area contributed by atoms with Crippen LogP contribution in [-0.4, -0.2) is 33.0 Å². The van der Waals surface area contributed by atoms with Gasteiger partial charge in [0.1, 0.15) is 24.7 Å². The highest BCUT2D eigenvalue weighted by atomic mass is 16.5. The van der Waals surface area contributed by atoms with Gasteiger partial charge in [0.25, 0.3) is 0 Å². The van der Waals surface area contributed by atoms with Crippen LogP contribution in [0.3, 0.4) is 0 Å². The summed E-state index contributed by atoms with van der Waals surface area (Å²) in [6.07, 6.45) is 11.8. The largest absolute Gasteiger partial charge is 0.489 e. The number of nitrogens with one attached hydrogen (secondary N) is 2. The second kappa shape index (κ2) is 15.4. The second-order valence-electron chi connectivity index (χ2n) is 12.3. The van der Waals surface area contributed by atoms with Gasteiger partial charge in [-0.1, -0.05) is 72.8 Å². The number of rotatable bonds is 10. The van der Waals surface area contributed by atoms with Crippen molar-refractivity contribution in [3.8, 4) is 11.5 Å². The summed E-state index contributed by atoms with van der Waals surface area (Å²) in [7, 11) is 0. The quantitative estimate of drug-likeness (QED) is 0.159. The molecule has 0 saturated heterocycles. The summed E-state index contributed by atoms with van der Waals surface area (Å²) in [5, 5.41) is 0. The van der Waals surface area contributed by atoms with E-state index < -0.39 is 0 Å². The predicted octanol–water partition coefficient (Wildman–Crippen LogP) is 7.88. The van der Waals surface area contributed by atoms with E-state index in [0.29, 0.717) is 13.2 Å². The summed E-state index contributed by atoms with van der Waals surface area (Å²) in [6.45, 7) is 5.05. The smallest absolute Gasteiger partial charge is 0.125 e. The van der Waals surface area contributed by atoms with Crippen LogP contribution in [0.2, 0.25) is 0 Å². The maximum absolute atomic E-state index is 6.13. The monoisotopic (exact) mass is 638 g/mol. The lowest BCUT2D eigenvalue weighted by Crippen LogP contribution is -2.29. The molecule has 244 valence electrons. The Kier molecular flexibility index (Phi) is 9.98. The van der Waals surface area contributed by atoms with E-state index in [-0.39, 0.29) is 0 Å². The van der Waals surface area contributed by atoms with Crippen molar-refractivity contribution in [2.24, 2.45) is 0 Å². The third-order valence-electron chi connectivity index (χ3n) is 8.89. The van der Waals surface area contributed by atoms with E-state index in [0.717, 1.165) is 68.3 Å². The van der Waals surface area contributed by atoms with Crippen LogP contribution in [0.5, 0.6) is 11.5 Å². The maximum atomic E-state index is 6.13. The van der Waals surface area contributed by atoms with Crippen molar-refractivity contribution in [1.82, 2.24) is 19.9 Å². The predicted molar refractivity (Wildman–Crippen MR) is 190 cm³/mol. The molecule has 8 nitrogen and oxygen atoms in total. The number of hydrogen-bond acceptors (Lipinski definition) is 6. The fourth-order valence-electron chi connectivity index (χ4n) is 6.48. The number of aromatic amines is 2. The molecule has 4 heterocycles. The van der Waals surface area contributed by atoms with E-state index in [1.165, 1.54) is 40.0 Å². The van der Waals surface area contributed by atoms with Crippen LogP contribution in [0.25, 0.3) is 0 Å². The van der Waals surface area contributed by atoms with Gasteiger partial charge in [0.15, 0.2) is 0 Å². The van der Waals surface area contributed by atoms with Crippen molar-refractivity contribution in [3.63, 3.8) is 0 Å². The number of anilines is 2. The molecule has 2 N–H and O–H groups in total. The minimum absolute atomic E-state index is 0.597. The van der Waals surface area contributed by atoms with Crippen LogP contribution >= 0.6 is 0 Å². The van der Waals surface area contributed by atoms with Crippen LogP contribution in [0.15, 0.2) is 122 Å². The topological polar surface area (TPSA) is 82.3 Å². The first kappa shape index (κ1) is 31.1. The van der Waals surface area contributed by atoms with E-state index in [1.807, 2.05) is 48.8 Å². The first-order chi connectivity index (χ1) is 23.8. The third-order valence-corrected chi connectivity index (χ3v) is 8.89. The van der Waals surface area contributed by atoms with Crippen molar-refractivity contribution in [3.05, 3.63) is 156 Å². The fraction of sp³-hybridized carbons (Fsp3) is 0.250. The van der Waals surface area contributed by atoms with E-state index >= 15 is 0 Å². The normalized spacial score (nSPS) is 13.6. The van der Waals surface area contributed by atoms with Gasteiger partial charge in [-0.25, -0.2) is 9.97 Å². The summed E-state index contributed by atoms with van der Waals surface area (Å²) >= 11 is 0. The van der Waals surface area contributed by atoms with Gasteiger partial charge in [0.05, 0.1) is 37.1 Å². The molecule has 0 aliphatic carbocycles. The molecule has 2 aliphatic rings. The van der Waals surface area contributed by atoms with Gasteiger partial charge in [-0.2, -0.15) is 0 Å². The van der Waals surface area contributed by atoms with Crippen molar-refractivity contribution in [2.75, 3.05) is 22.9 Å².